The monoisotopic (exact) mass is 400 g/mol. The second kappa shape index (κ2) is 19.2. The molecule has 0 heterocycles. The molecule has 0 saturated carbocycles. The summed E-state index contributed by atoms with van der Waals surface area (Å²) in [6.07, 6.45) is 16.9. The van der Waals surface area contributed by atoms with E-state index in [2.05, 4.69) is 6.92 Å². The maximum Gasteiger partial charge on any atom is 1.00 e. The molecule has 0 radical (unpaired) electrons. The van der Waals surface area contributed by atoms with Crippen molar-refractivity contribution in [3.05, 3.63) is 0 Å². The molecule has 0 fully saturated rings. The molecule has 0 spiro atoms. The van der Waals surface area contributed by atoms with Crippen LogP contribution >= 0.6 is 0 Å². The summed E-state index contributed by atoms with van der Waals surface area (Å²) >= 11 is 0. The van der Waals surface area contributed by atoms with Crippen molar-refractivity contribution in [2.75, 3.05) is 0 Å². The summed E-state index contributed by atoms with van der Waals surface area (Å²) < 4.78 is 33.1. The topological polar surface area (TPSA) is 77.4 Å². The number of rotatable bonds is 18. The fraction of sp³-hybridized carbons (Fsp3) is 1.00. The van der Waals surface area contributed by atoms with Crippen LogP contribution in [0, 0.1) is 0 Å². The van der Waals surface area contributed by atoms with E-state index in [1.54, 1.807) is 6.92 Å². The van der Waals surface area contributed by atoms with Gasteiger partial charge in [0.2, 0.25) is 0 Å². The Morgan fingerprint density at radius 3 is 1.50 bits per heavy atom. The van der Waals surface area contributed by atoms with E-state index in [4.69, 9.17) is 0 Å². The van der Waals surface area contributed by atoms with Crippen LogP contribution in [0.25, 0.3) is 0 Å². The van der Waals surface area contributed by atoms with Crippen molar-refractivity contribution in [2.24, 2.45) is 0 Å². The first kappa shape index (κ1) is 29.1. The van der Waals surface area contributed by atoms with E-state index in [1.165, 1.54) is 70.6 Å². The smallest absolute Gasteiger partial charge is 0.748 e. The standard InChI is InChI=1S/C20H42O4S.Na/c1-3-5-6-7-8-9-10-11-12-13-14-15-16-17-19(21)18-20(4-2)25(22,23)24;/h19-21H,3-18H2,1-2H3,(H,22,23,24);/q;+1/p-1. The third-order valence-corrected chi connectivity index (χ3v) is 6.38. The van der Waals surface area contributed by atoms with Crippen LogP contribution in [0.15, 0.2) is 0 Å². The first-order valence-electron chi connectivity index (χ1n) is 10.5. The van der Waals surface area contributed by atoms with Gasteiger partial charge in [-0.05, 0) is 19.3 Å². The molecule has 0 aliphatic carbocycles. The van der Waals surface area contributed by atoms with Crippen molar-refractivity contribution in [3.8, 4) is 0 Å². The van der Waals surface area contributed by atoms with Gasteiger partial charge in [-0.1, -0.05) is 97.3 Å². The molecule has 0 bridgehead atoms. The molecule has 2 unspecified atom stereocenters. The third-order valence-electron chi connectivity index (χ3n) is 5.04. The Balaban J connectivity index is 0. The maximum atomic E-state index is 11.0. The van der Waals surface area contributed by atoms with Gasteiger partial charge in [-0.2, -0.15) is 0 Å². The normalized spacial score (nSPS) is 14.0. The van der Waals surface area contributed by atoms with Gasteiger partial charge in [-0.3, -0.25) is 0 Å². The molecule has 0 aliphatic rings. The van der Waals surface area contributed by atoms with Crippen LogP contribution in [0.2, 0.25) is 0 Å². The van der Waals surface area contributed by atoms with Gasteiger partial charge in [-0.15, -0.1) is 0 Å². The Morgan fingerprint density at radius 1 is 0.769 bits per heavy atom. The number of aliphatic hydroxyl groups excluding tert-OH is 1. The summed E-state index contributed by atoms with van der Waals surface area (Å²) in [6, 6.07) is 0. The van der Waals surface area contributed by atoms with Gasteiger partial charge < -0.3 is 9.66 Å². The van der Waals surface area contributed by atoms with Crippen LogP contribution in [0.1, 0.15) is 117 Å². The minimum absolute atomic E-state index is 0. The average Bonchev–Trinajstić information content (AvgIpc) is 2.55. The molecule has 2 atom stereocenters. The Labute approximate surface area is 185 Å². The molecule has 26 heavy (non-hydrogen) atoms. The van der Waals surface area contributed by atoms with E-state index >= 15 is 0 Å². The van der Waals surface area contributed by atoms with E-state index in [9.17, 15) is 18.1 Å². The van der Waals surface area contributed by atoms with Gasteiger partial charge in [-0.25, -0.2) is 8.42 Å². The zero-order chi connectivity index (χ0) is 19.0. The first-order valence-corrected chi connectivity index (χ1v) is 12.0. The summed E-state index contributed by atoms with van der Waals surface area (Å²) in [7, 11) is -4.28. The quantitative estimate of drug-likeness (QED) is 0.218. The molecule has 0 saturated heterocycles. The third kappa shape index (κ3) is 18.2. The van der Waals surface area contributed by atoms with Gasteiger partial charge in [0.25, 0.3) is 0 Å². The van der Waals surface area contributed by atoms with E-state index in [-0.39, 0.29) is 42.4 Å². The second-order valence-electron chi connectivity index (χ2n) is 7.44. The zero-order valence-corrected chi connectivity index (χ0v) is 20.4. The van der Waals surface area contributed by atoms with E-state index in [0.29, 0.717) is 6.42 Å². The summed E-state index contributed by atoms with van der Waals surface area (Å²) in [5.74, 6) is 0. The summed E-state index contributed by atoms with van der Waals surface area (Å²) in [6.45, 7) is 3.93. The van der Waals surface area contributed by atoms with Crippen LogP contribution in [0.3, 0.4) is 0 Å². The number of unbranched alkanes of at least 4 members (excludes halogenated alkanes) is 12. The number of hydrogen-bond acceptors (Lipinski definition) is 4. The van der Waals surface area contributed by atoms with E-state index in [1.807, 2.05) is 0 Å². The Bertz CT molecular complexity index is 387. The van der Waals surface area contributed by atoms with Crippen molar-refractivity contribution < 1.29 is 47.6 Å². The number of hydrogen-bond donors (Lipinski definition) is 1. The maximum absolute atomic E-state index is 11.0. The molecule has 0 amide bonds. The van der Waals surface area contributed by atoms with Crippen molar-refractivity contribution in [1.82, 2.24) is 0 Å². The van der Waals surface area contributed by atoms with Crippen LogP contribution in [0.4, 0.5) is 0 Å². The van der Waals surface area contributed by atoms with Gasteiger partial charge >= 0.3 is 29.6 Å². The summed E-state index contributed by atoms with van der Waals surface area (Å²) in [5.41, 5.74) is 0. The van der Waals surface area contributed by atoms with Crippen LogP contribution in [-0.4, -0.2) is 29.4 Å². The predicted octanol–water partition coefficient (Wildman–Crippen LogP) is 2.55. The Morgan fingerprint density at radius 2 is 1.15 bits per heavy atom. The molecule has 0 aromatic heterocycles. The van der Waals surface area contributed by atoms with Crippen molar-refractivity contribution >= 4 is 10.1 Å². The minimum atomic E-state index is -4.28. The largest absolute Gasteiger partial charge is 1.00 e. The zero-order valence-electron chi connectivity index (χ0n) is 17.5. The van der Waals surface area contributed by atoms with Gasteiger partial charge in [0.15, 0.2) is 0 Å². The van der Waals surface area contributed by atoms with Crippen molar-refractivity contribution in [3.63, 3.8) is 0 Å². The fourth-order valence-corrected chi connectivity index (χ4v) is 4.17. The second-order valence-corrected chi connectivity index (χ2v) is 9.10. The van der Waals surface area contributed by atoms with E-state index < -0.39 is 21.5 Å². The van der Waals surface area contributed by atoms with Crippen LogP contribution in [0.5, 0.6) is 0 Å². The SMILES string of the molecule is CCCCCCCCCCCCCCCC(O)CC(CC)S(=O)(=O)[O-].[Na+]. The molecule has 4 nitrogen and oxygen atoms in total. The Kier molecular flexibility index (Phi) is 21.5. The molecule has 1 N–H and O–H groups in total. The number of aliphatic hydroxyl groups is 1. The van der Waals surface area contributed by atoms with Gasteiger partial charge in [0, 0.05) is 0 Å². The van der Waals surface area contributed by atoms with Crippen molar-refractivity contribution in [1.29, 1.82) is 0 Å². The molecule has 0 aromatic carbocycles. The molecule has 0 aliphatic heterocycles. The van der Waals surface area contributed by atoms with Crippen LogP contribution < -0.4 is 29.6 Å². The Hall–Kier alpha value is 0.870. The van der Waals surface area contributed by atoms with Gasteiger partial charge in [0.1, 0.15) is 0 Å². The summed E-state index contributed by atoms with van der Waals surface area (Å²) in [4.78, 5) is 0. The fourth-order valence-electron chi connectivity index (χ4n) is 3.31. The summed E-state index contributed by atoms with van der Waals surface area (Å²) in [5, 5.41) is 8.95. The minimum Gasteiger partial charge on any atom is -0.748 e. The average molecular weight is 401 g/mol. The molecular formula is C20H41NaO4S. The van der Waals surface area contributed by atoms with Crippen molar-refractivity contribution in [2.45, 2.75) is 128 Å². The van der Waals surface area contributed by atoms with Crippen LogP contribution in [-0.2, 0) is 10.1 Å². The van der Waals surface area contributed by atoms with Gasteiger partial charge in [0.05, 0.1) is 21.5 Å². The first-order chi connectivity index (χ1) is 11.9. The molecule has 0 aromatic rings. The molecular weight excluding hydrogens is 359 g/mol. The van der Waals surface area contributed by atoms with E-state index in [0.717, 1.165) is 12.8 Å². The predicted molar refractivity (Wildman–Crippen MR) is 105 cm³/mol. The molecule has 152 valence electrons. The molecule has 0 rings (SSSR count). The molecule has 6 heteroatoms.